The number of hydrogen-bond donors (Lipinski definition) is 2. The summed E-state index contributed by atoms with van der Waals surface area (Å²) >= 11 is 4.38. The van der Waals surface area contributed by atoms with E-state index in [0.717, 1.165) is 37.6 Å². The summed E-state index contributed by atoms with van der Waals surface area (Å²) in [5, 5.41) is 9.51. The maximum absolute atomic E-state index is 9.51. The standard InChI is InChI=1S/C12H25NOS/c1-3-11(9-15)8-13-6-4-12(5-7-13)10(2)14/h10-12,14-15H,3-9H2,1-2H3. The number of likely N-dealkylation sites (tertiary alicyclic amines) is 1. The van der Waals surface area contributed by atoms with Crippen LogP contribution in [0.3, 0.4) is 0 Å². The third kappa shape index (κ3) is 4.33. The van der Waals surface area contributed by atoms with E-state index in [2.05, 4.69) is 24.5 Å². The van der Waals surface area contributed by atoms with Crippen LogP contribution in [0.15, 0.2) is 0 Å². The van der Waals surface area contributed by atoms with Crippen molar-refractivity contribution in [3.8, 4) is 0 Å². The van der Waals surface area contributed by atoms with Crippen LogP contribution in [0.25, 0.3) is 0 Å². The van der Waals surface area contributed by atoms with E-state index in [1.54, 1.807) is 0 Å². The quantitative estimate of drug-likeness (QED) is 0.707. The summed E-state index contributed by atoms with van der Waals surface area (Å²) in [4.78, 5) is 2.53. The molecule has 0 amide bonds. The van der Waals surface area contributed by atoms with E-state index in [0.29, 0.717) is 5.92 Å². The lowest BCUT2D eigenvalue weighted by molar-refractivity contribution is 0.0674. The van der Waals surface area contributed by atoms with Gasteiger partial charge in [-0.15, -0.1) is 0 Å². The molecule has 0 saturated carbocycles. The molecule has 1 N–H and O–H groups in total. The summed E-state index contributed by atoms with van der Waals surface area (Å²) in [5.41, 5.74) is 0. The molecule has 1 rings (SSSR count). The molecule has 0 aromatic carbocycles. The fourth-order valence-electron chi connectivity index (χ4n) is 2.30. The van der Waals surface area contributed by atoms with Gasteiger partial charge in [0.2, 0.25) is 0 Å². The van der Waals surface area contributed by atoms with Crippen LogP contribution < -0.4 is 0 Å². The number of piperidine rings is 1. The van der Waals surface area contributed by atoms with E-state index in [4.69, 9.17) is 0 Å². The summed E-state index contributed by atoms with van der Waals surface area (Å²) in [6.45, 7) is 7.65. The van der Waals surface area contributed by atoms with Gasteiger partial charge in [0.1, 0.15) is 0 Å². The molecule has 1 aliphatic heterocycles. The van der Waals surface area contributed by atoms with E-state index in [1.165, 1.54) is 13.0 Å². The zero-order valence-electron chi connectivity index (χ0n) is 10.0. The fraction of sp³-hybridized carbons (Fsp3) is 1.00. The lowest BCUT2D eigenvalue weighted by Crippen LogP contribution is -2.39. The van der Waals surface area contributed by atoms with Crippen molar-refractivity contribution >= 4 is 12.6 Å². The molecule has 15 heavy (non-hydrogen) atoms. The molecule has 0 bridgehead atoms. The Labute approximate surface area is 99.5 Å². The lowest BCUT2D eigenvalue weighted by Gasteiger charge is -2.34. The highest BCUT2D eigenvalue weighted by Gasteiger charge is 2.23. The average Bonchev–Trinajstić information content (AvgIpc) is 2.26. The van der Waals surface area contributed by atoms with Crippen LogP contribution in [-0.2, 0) is 0 Å². The molecule has 1 fully saturated rings. The smallest absolute Gasteiger partial charge is 0.0541 e. The van der Waals surface area contributed by atoms with Gasteiger partial charge in [0.25, 0.3) is 0 Å². The van der Waals surface area contributed by atoms with Gasteiger partial charge in [-0.2, -0.15) is 12.6 Å². The molecule has 0 aromatic heterocycles. The second-order valence-corrected chi connectivity index (χ2v) is 5.20. The van der Waals surface area contributed by atoms with Crippen LogP contribution in [0.4, 0.5) is 0 Å². The molecule has 1 saturated heterocycles. The molecule has 90 valence electrons. The largest absolute Gasteiger partial charge is 0.393 e. The van der Waals surface area contributed by atoms with Gasteiger partial charge in [-0.1, -0.05) is 13.3 Å². The number of thiol groups is 1. The summed E-state index contributed by atoms with van der Waals surface area (Å²) in [5.74, 6) is 2.25. The Kier molecular flexibility index (Phi) is 6.02. The van der Waals surface area contributed by atoms with Gasteiger partial charge in [-0.05, 0) is 50.4 Å². The first-order valence-corrected chi connectivity index (χ1v) is 6.81. The van der Waals surface area contributed by atoms with Crippen LogP contribution in [0.5, 0.6) is 0 Å². The molecule has 2 unspecified atom stereocenters. The maximum Gasteiger partial charge on any atom is 0.0541 e. The molecule has 1 aliphatic rings. The van der Waals surface area contributed by atoms with Crippen molar-refractivity contribution in [1.82, 2.24) is 4.90 Å². The molecule has 0 aromatic rings. The number of aliphatic hydroxyl groups is 1. The van der Waals surface area contributed by atoms with Crippen molar-refractivity contribution in [2.75, 3.05) is 25.4 Å². The molecule has 2 atom stereocenters. The Morgan fingerprint density at radius 3 is 2.40 bits per heavy atom. The lowest BCUT2D eigenvalue weighted by atomic mass is 9.91. The Bertz CT molecular complexity index is 163. The van der Waals surface area contributed by atoms with Crippen LogP contribution in [-0.4, -0.2) is 41.5 Å². The van der Waals surface area contributed by atoms with Crippen molar-refractivity contribution in [3.05, 3.63) is 0 Å². The van der Waals surface area contributed by atoms with Crippen molar-refractivity contribution in [2.45, 2.75) is 39.2 Å². The molecule has 0 radical (unpaired) electrons. The third-order valence-corrected chi connectivity index (χ3v) is 4.18. The van der Waals surface area contributed by atoms with Gasteiger partial charge in [0.15, 0.2) is 0 Å². The zero-order valence-corrected chi connectivity index (χ0v) is 10.9. The van der Waals surface area contributed by atoms with Crippen LogP contribution in [0.1, 0.15) is 33.1 Å². The second-order valence-electron chi connectivity index (χ2n) is 4.84. The van der Waals surface area contributed by atoms with E-state index in [9.17, 15) is 5.11 Å². The Morgan fingerprint density at radius 2 is 2.00 bits per heavy atom. The minimum absolute atomic E-state index is 0.126. The number of aliphatic hydroxyl groups excluding tert-OH is 1. The maximum atomic E-state index is 9.51. The highest BCUT2D eigenvalue weighted by molar-refractivity contribution is 7.80. The van der Waals surface area contributed by atoms with E-state index < -0.39 is 0 Å². The summed E-state index contributed by atoms with van der Waals surface area (Å²) in [6.07, 6.45) is 3.40. The minimum atomic E-state index is -0.126. The monoisotopic (exact) mass is 231 g/mol. The fourth-order valence-corrected chi connectivity index (χ4v) is 2.67. The summed E-state index contributed by atoms with van der Waals surface area (Å²) in [7, 11) is 0. The molecule has 2 nitrogen and oxygen atoms in total. The zero-order chi connectivity index (χ0) is 11.3. The van der Waals surface area contributed by atoms with Crippen molar-refractivity contribution in [2.24, 2.45) is 11.8 Å². The highest BCUT2D eigenvalue weighted by Crippen LogP contribution is 2.21. The third-order valence-electron chi connectivity index (χ3n) is 3.67. The first-order valence-electron chi connectivity index (χ1n) is 6.18. The second kappa shape index (κ2) is 6.77. The SMILES string of the molecule is CCC(CS)CN1CCC(C(C)O)CC1. The Balaban J connectivity index is 2.25. The van der Waals surface area contributed by atoms with E-state index >= 15 is 0 Å². The topological polar surface area (TPSA) is 23.5 Å². The first-order chi connectivity index (χ1) is 7.17. The van der Waals surface area contributed by atoms with Gasteiger partial charge in [0, 0.05) is 6.54 Å². The minimum Gasteiger partial charge on any atom is -0.393 e. The van der Waals surface area contributed by atoms with Gasteiger partial charge >= 0.3 is 0 Å². The normalized spacial score (nSPS) is 24.0. The first kappa shape index (κ1) is 13.3. The van der Waals surface area contributed by atoms with Gasteiger partial charge < -0.3 is 10.0 Å². The van der Waals surface area contributed by atoms with Crippen molar-refractivity contribution in [3.63, 3.8) is 0 Å². The molecular weight excluding hydrogens is 206 g/mol. The van der Waals surface area contributed by atoms with Gasteiger partial charge in [-0.3, -0.25) is 0 Å². The van der Waals surface area contributed by atoms with Crippen LogP contribution in [0, 0.1) is 11.8 Å². The number of rotatable bonds is 5. The van der Waals surface area contributed by atoms with Gasteiger partial charge in [0.05, 0.1) is 6.10 Å². The molecule has 3 heteroatoms. The highest BCUT2D eigenvalue weighted by atomic mass is 32.1. The summed E-state index contributed by atoms with van der Waals surface area (Å²) < 4.78 is 0. The molecule has 1 heterocycles. The van der Waals surface area contributed by atoms with E-state index in [1.807, 2.05) is 6.92 Å². The molecule has 0 spiro atoms. The Hall–Kier alpha value is 0.270. The van der Waals surface area contributed by atoms with Crippen LogP contribution >= 0.6 is 12.6 Å². The predicted octanol–water partition coefficient (Wildman–Crippen LogP) is 2.04. The predicted molar refractivity (Wildman–Crippen MR) is 68.5 cm³/mol. The number of nitrogens with zero attached hydrogens (tertiary/aromatic N) is 1. The molecule has 0 aliphatic carbocycles. The van der Waals surface area contributed by atoms with Crippen molar-refractivity contribution < 1.29 is 5.11 Å². The van der Waals surface area contributed by atoms with Crippen molar-refractivity contribution in [1.29, 1.82) is 0 Å². The summed E-state index contributed by atoms with van der Waals surface area (Å²) in [6, 6.07) is 0. The number of hydrogen-bond acceptors (Lipinski definition) is 3. The molecular formula is C12H25NOS. The van der Waals surface area contributed by atoms with E-state index in [-0.39, 0.29) is 6.10 Å². The van der Waals surface area contributed by atoms with Crippen LogP contribution in [0.2, 0.25) is 0 Å². The van der Waals surface area contributed by atoms with Gasteiger partial charge in [-0.25, -0.2) is 0 Å². The average molecular weight is 231 g/mol. The Morgan fingerprint density at radius 1 is 1.40 bits per heavy atom.